The average molecular weight is 670 g/mol. The van der Waals surface area contributed by atoms with Crippen LogP contribution in [0.5, 0.6) is 0 Å². The minimum absolute atomic E-state index is 0. The molecule has 0 N–H and O–H groups in total. The molecule has 0 saturated carbocycles. The van der Waals surface area contributed by atoms with Gasteiger partial charge in [0.25, 0.3) is 0 Å². The number of rotatable bonds is 4. The van der Waals surface area contributed by atoms with Crippen molar-refractivity contribution in [2.45, 2.75) is 26.2 Å². The van der Waals surface area contributed by atoms with Crippen molar-refractivity contribution in [2.24, 2.45) is 0 Å². The summed E-state index contributed by atoms with van der Waals surface area (Å²) in [5.41, 5.74) is 5.18. The van der Waals surface area contributed by atoms with E-state index >= 15 is 0 Å². The van der Waals surface area contributed by atoms with Gasteiger partial charge in [0, 0.05) is 0 Å². The SMILES string of the molecule is C[Si](C)[N-][Si](C)C.[Gd+3].c1ccc(-c2cc3ccccc3[cH-]2)cc1.c1ccc(-c2cc3ccccc3[cH-]2)cc1. The van der Waals surface area contributed by atoms with Crippen molar-refractivity contribution < 1.29 is 39.9 Å². The average Bonchev–Trinajstić information content (AvgIpc) is 3.54. The van der Waals surface area contributed by atoms with Crippen LogP contribution in [0.2, 0.25) is 26.2 Å². The molecule has 38 heavy (non-hydrogen) atoms. The topological polar surface area (TPSA) is 14.1 Å². The van der Waals surface area contributed by atoms with Crippen molar-refractivity contribution in [1.82, 2.24) is 0 Å². The molecule has 191 valence electrons. The molecule has 0 amide bonds. The largest absolute Gasteiger partial charge is 3.00 e. The monoisotopic (exact) mass is 670 g/mol. The first-order chi connectivity index (χ1) is 18.0. The van der Waals surface area contributed by atoms with Gasteiger partial charge in [-0.05, 0) is 0 Å². The van der Waals surface area contributed by atoms with Gasteiger partial charge in [-0.3, -0.25) is 0 Å². The summed E-state index contributed by atoms with van der Waals surface area (Å²) < 4.78 is 4.48. The molecular formula is C34H34GdNSi2. The van der Waals surface area contributed by atoms with E-state index in [9.17, 15) is 0 Å². The molecule has 0 bridgehead atoms. The Morgan fingerprint density at radius 2 is 0.816 bits per heavy atom. The number of hydrogen-bond donors (Lipinski definition) is 0. The van der Waals surface area contributed by atoms with Crippen molar-refractivity contribution in [3.8, 4) is 22.3 Å². The maximum atomic E-state index is 4.48. The molecule has 4 heteroatoms. The Bertz CT molecular complexity index is 1320. The normalized spacial score (nSPS) is 10.5. The Kier molecular flexibility index (Phi) is 12.3. The smallest absolute Gasteiger partial charge is 0.673 e. The third-order valence-corrected chi connectivity index (χ3v) is 9.48. The molecular weight excluding hydrogens is 636 g/mol. The molecule has 6 aromatic rings. The Morgan fingerprint density at radius 3 is 1.13 bits per heavy atom. The predicted molar refractivity (Wildman–Crippen MR) is 168 cm³/mol. The number of fused-ring (bicyclic) bond motifs is 2. The van der Waals surface area contributed by atoms with Gasteiger partial charge in [-0.15, -0.1) is 69.1 Å². The van der Waals surface area contributed by atoms with Gasteiger partial charge in [0.2, 0.25) is 0 Å². The van der Waals surface area contributed by atoms with E-state index in [1.165, 1.54) is 43.8 Å². The van der Waals surface area contributed by atoms with Gasteiger partial charge in [-0.25, -0.2) is 0 Å². The van der Waals surface area contributed by atoms with E-state index in [0.29, 0.717) is 0 Å². The Balaban J connectivity index is 0.000000167. The predicted octanol–water partition coefficient (Wildman–Crippen LogP) is 10.3. The van der Waals surface area contributed by atoms with E-state index in [4.69, 9.17) is 0 Å². The molecule has 0 atom stereocenters. The van der Waals surface area contributed by atoms with Crippen LogP contribution in [0.1, 0.15) is 0 Å². The molecule has 0 spiro atoms. The molecule has 6 rings (SSSR count). The molecule has 0 aromatic heterocycles. The van der Waals surface area contributed by atoms with Gasteiger partial charge >= 0.3 is 39.9 Å². The molecule has 3 radical (unpaired) electrons. The van der Waals surface area contributed by atoms with Gasteiger partial charge in [0.1, 0.15) is 0 Å². The number of benzene rings is 4. The van der Waals surface area contributed by atoms with E-state index in [0.717, 1.165) is 0 Å². The molecule has 0 aliphatic carbocycles. The molecule has 0 heterocycles. The number of nitrogens with zero attached hydrogens (tertiary/aromatic N) is 1. The van der Waals surface area contributed by atoms with Gasteiger partial charge in [0.05, 0.1) is 0 Å². The second-order valence-electron chi connectivity index (χ2n) is 9.48. The van der Waals surface area contributed by atoms with Crippen LogP contribution in [-0.2, 0) is 0 Å². The minimum Gasteiger partial charge on any atom is -0.673 e. The zero-order chi connectivity index (χ0) is 26.0. The summed E-state index contributed by atoms with van der Waals surface area (Å²) in [6, 6.07) is 46.9. The summed E-state index contributed by atoms with van der Waals surface area (Å²) >= 11 is 0. The fourth-order valence-corrected chi connectivity index (χ4v) is 7.92. The van der Waals surface area contributed by atoms with E-state index in [1.54, 1.807) is 0 Å². The molecule has 0 unspecified atom stereocenters. The van der Waals surface area contributed by atoms with E-state index < -0.39 is 0 Å². The summed E-state index contributed by atoms with van der Waals surface area (Å²) in [5, 5.41) is 5.26. The van der Waals surface area contributed by atoms with E-state index in [2.05, 4.69) is 152 Å². The van der Waals surface area contributed by atoms with Crippen molar-refractivity contribution in [3.05, 3.63) is 138 Å². The maximum absolute atomic E-state index is 4.48. The molecule has 0 aliphatic heterocycles. The summed E-state index contributed by atoms with van der Waals surface area (Å²) in [4.78, 5) is 0. The molecule has 0 saturated heterocycles. The fourth-order valence-electron chi connectivity index (χ4n) is 4.34. The van der Waals surface area contributed by atoms with Crippen LogP contribution in [0.3, 0.4) is 0 Å². The minimum atomic E-state index is -0.264. The zero-order valence-electron chi connectivity index (χ0n) is 22.5. The van der Waals surface area contributed by atoms with Gasteiger partial charge in [-0.1, -0.05) is 152 Å². The first kappa shape index (κ1) is 30.4. The summed E-state index contributed by atoms with van der Waals surface area (Å²) in [7, 11) is -0.528. The molecule has 1 nitrogen and oxygen atoms in total. The quantitative estimate of drug-likeness (QED) is 0.131. The van der Waals surface area contributed by atoms with Crippen molar-refractivity contribution >= 4 is 39.5 Å². The van der Waals surface area contributed by atoms with E-state index in [1.807, 2.05) is 12.1 Å². The van der Waals surface area contributed by atoms with Gasteiger partial charge in [-0.2, -0.15) is 0 Å². The van der Waals surface area contributed by atoms with Gasteiger partial charge < -0.3 is 4.65 Å². The van der Waals surface area contributed by atoms with Crippen LogP contribution >= 0.6 is 0 Å². The maximum Gasteiger partial charge on any atom is 3.00 e. The molecule has 0 aliphatic rings. The van der Waals surface area contributed by atoms with Gasteiger partial charge in [0.15, 0.2) is 0 Å². The third kappa shape index (κ3) is 8.94. The summed E-state index contributed by atoms with van der Waals surface area (Å²) in [6.07, 6.45) is 0. The zero-order valence-corrected chi connectivity index (χ0v) is 26.8. The Labute approximate surface area is 263 Å². The van der Waals surface area contributed by atoms with Crippen LogP contribution in [0, 0.1) is 39.9 Å². The van der Waals surface area contributed by atoms with E-state index in [-0.39, 0.29) is 57.9 Å². The third-order valence-electron chi connectivity index (χ3n) is 5.90. The number of hydrogen-bond acceptors (Lipinski definition) is 0. The Morgan fingerprint density at radius 1 is 0.474 bits per heavy atom. The summed E-state index contributed by atoms with van der Waals surface area (Å²) in [5.74, 6) is 0. The van der Waals surface area contributed by atoms with Crippen molar-refractivity contribution in [2.75, 3.05) is 0 Å². The Hall–Kier alpha value is -2.18. The first-order valence-corrected chi connectivity index (χ1v) is 17.6. The van der Waals surface area contributed by atoms with Crippen LogP contribution in [0.15, 0.2) is 133 Å². The van der Waals surface area contributed by atoms with Crippen LogP contribution < -0.4 is 0 Å². The van der Waals surface area contributed by atoms with Crippen molar-refractivity contribution in [3.63, 3.8) is 0 Å². The summed E-state index contributed by atoms with van der Waals surface area (Å²) in [6.45, 7) is 8.90. The van der Waals surface area contributed by atoms with Crippen LogP contribution in [-0.4, -0.2) is 17.9 Å². The second kappa shape index (κ2) is 15.4. The standard InChI is InChI=1S/2C15H11.C4H12NSi2.Gd/c2*1-2-6-12(7-3-1)15-10-13-8-4-5-9-14(13)11-15;1-6(2)5-7(3)4;/h2*1-11H;1-4H3;/q3*-1;+3. The van der Waals surface area contributed by atoms with Crippen molar-refractivity contribution in [1.29, 1.82) is 0 Å². The first-order valence-electron chi connectivity index (χ1n) is 12.7. The van der Waals surface area contributed by atoms with Crippen LogP contribution in [0.4, 0.5) is 0 Å². The fraction of sp³-hybridized carbons (Fsp3) is 0.118. The van der Waals surface area contributed by atoms with Crippen LogP contribution in [0.25, 0.3) is 48.4 Å². The molecule has 6 aromatic carbocycles. The molecule has 0 fully saturated rings. The second-order valence-corrected chi connectivity index (χ2v) is 14.2.